The van der Waals surface area contributed by atoms with Crippen molar-refractivity contribution in [3.8, 4) is 11.5 Å². The summed E-state index contributed by atoms with van der Waals surface area (Å²) in [4.78, 5) is 12.1. The van der Waals surface area contributed by atoms with Crippen molar-refractivity contribution >= 4 is 28.9 Å². The van der Waals surface area contributed by atoms with Crippen molar-refractivity contribution in [3.63, 3.8) is 0 Å². The molecule has 0 aliphatic heterocycles. The fraction of sp³-hybridized carbons (Fsp3) is 0.278. The van der Waals surface area contributed by atoms with Crippen molar-refractivity contribution in [2.24, 2.45) is 0 Å². The summed E-state index contributed by atoms with van der Waals surface area (Å²) in [6.07, 6.45) is 0.302. The van der Waals surface area contributed by atoms with Crippen LogP contribution in [0.2, 0.25) is 5.02 Å². The van der Waals surface area contributed by atoms with Crippen LogP contribution in [0.4, 0.5) is 11.4 Å². The molecule has 1 amide bonds. The molecule has 24 heavy (non-hydrogen) atoms. The summed E-state index contributed by atoms with van der Waals surface area (Å²) in [7, 11) is 1.55. The number of carbonyl (C=O) groups is 1. The molecule has 5 nitrogen and oxygen atoms in total. The maximum Gasteiger partial charge on any atom is 0.226 e. The molecule has 2 N–H and O–H groups in total. The normalized spacial score (nSPS) is 10.1. The first-order chi connectivity index (χ1) is 11.6. The number of hydrogen-bond acceptors (Lipinski definition) is 4. The fourth-order valence-electron chi connectivity index (χ4n) is 2.20. The first-order valence-corrected chi connectivity index (χ1v) is 8.11. The van der Waals surface area contributed by atoms with Crippen LogP contribution in [0.1, 0.15) is 13.3 Å². The van der Waals surface area contributed by atoms with Crippen LogP contribution in [0.3, 0.4) is 0 Å². The van der Waals surface area contributed by atoms with Gasteiger partial charge in [0.1, 0.15) is 11.5 Å². The minimum Gasteiger partial charge on any atom is -0.495 e. The Morgan fingerprint density at radius 2 is 1.92 bits per heavy atom. The summed E-state index contributed by atoms with van der Waals surface area (Å²) in [6, 6.07) is 12.7. The van der Waals surface area contributed by atoms with Gasteiger partial charge in [-0.3, -0.25) is 4.79 Å². The van der Waals surface area contributed by atoms with Crippen LogP contribution in [0.15, 0.2) is 42.5 Å². The van der Waals surface area contributed by atoms with E-state index in [1.54, 1.807) is 25.3 Å². The highest BCUT2D eigenvalue weighted by Gasteiger charge is 2.09. The van der Waals surface area contributed by atoms with Crippen molar-refractivity contribution in [2.75, 3.05) is 30.9 Å². The highest BCUT2D eigenvalue weighted by atomic mass is 35.5. The number of anilines is 2. The SMILES string of the molecule is CCOc1ccccc1NCCC(=O)Nc1cc(Cl)ccc1OC. The summed E-state index contributed by atoms with van der Waals surface area (Å²) >= 11 is 5.96. The molecular formula is C18H21ClN2O3. The van der Waals surface area contributed by atoms with Crippen molar-refractivity contribution in [1.82, 2.24) is 0 Å². The number of nitrogens with one attached hydrogen (secondary N) is 2. The molecule has 0 heterocycles. The zero-order valence-electron chi connectivity index (χ0n) is 13.8. The summed E-state index contributed by atoms with van der Waals surface area (Å²) in [5.41, 5.74) is 1.43. The zero-order valence-corrected chi connectivity index (χ0v) is 14.5. The molecule has 0 aliphatic carbocycles. The average Bonchev–Trinajstić information content (AvgIpc) is 2.57. The van der Waals surface area contributed by atoms with E-state index >= 15 is 0 Å². The number of hydrogen-bond donors (Lipinski definition) is 2. The highest BCUT2D eigenvalue weighted by Crippen LogP contribution is 2.28. The maximum absolute atomic E-state index is 12.1. The Hall–Kier alpha value is -2.40. The second-order valence-electron chi connectivity index (χ2n) is 5.00. The molecular weight excluding hydrogens is 328 g/mol. The van der Waals surface area contributed by atoms with E-state index in [1.165, 1.54) is 0 Å². The number of rotatable bonds is 8. The van der Waals surface area contributed by atoms with Crippen LogP contribution < -0.4 is 20.1 Å². The van der Waals surface area contributed by atoms with E-state index in [0.717, 1.165) is 11.4 Å². The minimum absolute atomic E-state index is 0.128. The van der Waals surface area contributed by atoms with Crippen LogP contribution in [0.5, 0.6) is 11.5 Å². The number of carbonyl (C=O) groups excluding carboxylic acids is 1. The van der Waals surface area contributed by atoms with E-state index in [2.05, 4.69) is 10.6 Å². The maximum atomic E-state index is 12.1. The Bertz CT molecular complexity index is 692. The zero-order chi connectivity index (χ0) is 17.4. The van der Waals surface area contributed by atoms with E-state index in [1.807, 2.05) is 31.2 Å². The number of amides is 1. The molecule has 0 bridgehead atoms. The van der Waals surface area contributed by atoms with Crippen LogP contribution in [0, 0.1) is 0 Å². The molecule has 0 aliphatic rings. The molecule has 6 heteroatoms. The van der Waals surface area contributed by atoms with Crippen LogP contribution in [-0.4, -0.2) is 26.2 Å². The smallest absolute Gasteiger partial charge is 0.226 e. The van der Waals surface area contributed by atoms with Gasteiger partial charge in [-0.2, -0.15) is 0 Å². The van der Waals surface area contributed by atoms with Gasteiger partial charge in [0.2, 0.25) is 5.91 Å². The highest BCUT2D eigenvalue weighted by molar-refractivity contribution is 6.31. The largest absolute Gasteiger partial charge is 0.495 e. The van der Waals surface area contributed by atoms with Crippen LogP contribution in [0.25, 0.3) is 0 Å². The predicted octanol–water partition coefficient (Wildman–Crippen LogP) is 4.19. The van der Waals surface area contributed by atoms with E-state index in [9.17, 15) is 4.79 Å². The number of methoxy groups -OCH3 is 1. The lowest BCUT2D eigenvalue weighted by molar-refractivity contribution is -0.116. The molecule has 0 spiro atoms. The Morgan fingerprint density at radius 1 is 1.12 bits per heavy atom. The van der Waals surface area contributed by atoms with Gasteiger partial charge in [0.15, 0.2) is 0 Å². The van der Waals surface area contributed by atoms with E-state index in [-0.39, 0.29) is 5.91 Å². The molecule has 0 saturated carbocycles. The Morgan fingerprint density at radius 3 is 2.67 bits per heavy atom. The quantitative estimate of drug-likeness (QED) is 0.751. The van der Waals surface area contributed by atoms with Gasteiger partial charge in [0.25, 0.3) is 0 Å². The van der Waals surface area contributed by atoms with Crippen molar-refractivity contribution in [3.05, 3.63) is 47.5 Å². The van der Waals surface area contributed by atoms with E-state index < -0.39 is 0 Å². The fourth-order valence-corrected chi connectivity index (χ4v) is 2.37. The Labute approximate surface area is 146 Å². The molecule has 0 saturated heterocycles. The second-order valence-corrected chi connectivity index (χ2v) is 5.44. The topological polar surface area (TPSA) is 59.6 Å². The van der Waals surface area contributed by atoms with Gasteiger partial charge in [0, 0.05) is 18.0 Å². The third kappa shape index (κ3) is 5.06. The second kappa shape index (κ2) is 9.03. The first kappa shape index (κ1) is 17.9. The van der Waals surface area contributed by atoms with Gasteiger partial charge in [-0.15, -0.1) is 0 Å². The molecule has 0 radical (unpaired) electrons. The molecule has 0 fully saturated rings. The van der Waals surface area contributed by atoms with Gasteiger partial charge >= 0.3 is 0 Å². The van der Waals surface area contributed by atoms with Crippen molar-refractivity contribution < 1.29 is 14.3 Å². The molecule has 128 valence electrons. The van der Waals surface area contributed by atoms with Gasteiger partial charge < -0.3 is 20.1 Å². The van der Waals surface area contributed by atoms with Gasteiger partial charge in [-0.1, -0.05) is 23.7 Å². The van der Waals surface area contributed by atoms with E-state index in [4.69, 9.17) is 21.1 Å². The Kier molecular flexibility index (Phi) is 6.75. The van der Waals surface area contributed by atoms with Gasteiger partial charge in [-0.05, 0) is 37.3 Å². The third-order valence-corrected chi connectivity index (χ3v) is 3.53. The van der Waals surface area contributed by atoms with Gasteiger partial charge in [0.05, 0.1) is 25.1 Å². The summed E-state index contributed by atoms with van der Waals surface area (Å²) in [6.45, 7) is 3.01. The minimum atomic E-state index is -0.128. The summed E-state index contributed by atoms with van der Waals surface area (Å²) < 4.78 is 10.8. The molecule has 0 aromatic heterocycles. The van der Waals surface area contributed by atoms with E-state index in [0.29, 0.717) is 36.0 Å². The summed E-state index contributed by atoms with van der Waals surface area (Å²) in [5.74, 6) is 1.22. The first-order valence-electron chi connectivity index (χ1n) is 7.73. The standard InChI is InChI=1S/C18H21ClN2O3/c1-3-24-17-7-5-4-6-14(17)20-11-10-18(22)21-15-12-13(19)8-9-16(15)23-2/h4-9,12,20H,3,10-11H2,1-2H3,(H,21,22). The summed E-state index contributed by atoms with van der Waals surface area (Å²) in [5, 5.41) is 6.56. The van der Waals surface area contributed by atoms with Crippen LogP contribution in [-0.2, 0) is 4.79 Å². The monoisotopic (exact) mass is 348 g/mol. The molecule has 2 aromatic rings. The van der Waals surface area contributed by atoms with Gasteiger partial charge in [-0.25, -0.2) is 0 Å². The lowest BCUT2D eigenvalue weighted by Gasteiger charge is -2.13. The number of para-hydroxylation sites is 2. The average molecular weight is 349 g/mol. The number of benzene rings is 2. The Balaban J connectivity index is 1.89. The molecule has 2 aromatic carbocycles. The predicted molar refractivity (Wildman–Crippen MR) is 97.4 cm³/mol. The van der Waals surface area contributed by atoms with Crippen molar-refractivity contribution in [1.29, 1.82) is 0 Å². The molecule has 0 unspecified atom stereocenters. The third-order valence-electron chi connectivity index (χ3n) is 3.29. The number of ether oxygens (including phenoxy) is 2. The molecule has 0 atom stereocenters. The van der Waals surface area contributed by atoms with Crippen LogP contribution >= 0.6 is 11.6 Å². The lowest BCUT2D eigenvalue weighted by Crippen LogP contribution is -2.17. The van der Waals surface area contributed by atoms with Crippen molar-refractivity contribution in [2.45, 2.75) is 13.3 Å². The molecule has 2 rings (SSSR count). The lowest BCUT2D eigenvalue weighted by atomic mass is 10.2. The number of halogens is 1.